The van der Waals surface area contributed by atoms with Gasteiger partial charge >= 0.3 is 21.1 Å². The Balaban J connectivity index is 0. The number of carboxylic acids is 2. The van der Waals surface area contributed by atoms with Gasteiger partial charge in [-0.05, 0) is 13.8 Å². The van der Waals surface area contributed by atoms with E-state index in [1.54, 1.807) is 25.0 Å². The van der Waals surface area contributed by atoms with Crippen molar-refractivity contribution in [3.63, 3.8) is 0 Å². The van der Waals surface area contributed by atoms with Crippen molar-refractivity contribution in [2.45, 2.75) is 39.5 Å². The number of nitrogens with zero attached hydrogens (tertiary/aromatic N) is 4. The van der Waals surface area contributed by atoms with E-state index in [2.05, 4.69) is 23.8 Å². The molecule has 0 aromatic carbocycles. The Bertz CT molecular complexity index is 511. The Morgan fingerprint density at radius 3 is 1.58 bits per heavy atom. The number of aliphatic hydroxyl groups is 1. The average molecular weight is 519 g/mol. The summed E-state index contributed by atoms with van der Waals surface area (Å²) in [5.74, 6) is -3.43. The van der Waals surface area contributed by atoms with Crippen molar-refractivity contribution in [1.29, 1.82) is 0 Å². The van der Waals surface area contributed by atoms with Crippen molar-refractivity contribution < 1.29 is 46.0 Å². The average Bonchev–Trinajstić information content (AvgIpc) is 3.21. The third kappa shape index (κ3) is 12.5. The van der Waals surface area contributed by atoms with E-state index in [-0.39, 0.29) is 21.1 Å². The predicted molar refractivity (Wildman–Crippen MR) is 76.4 cm³/mol. The number of aromatic nitrogens is 4. The summed E-state index contributed by atoms with van der Waals surface area (Å²) < 4.78 is 4.03. The normalized spacial score (nSPS) is 10.1. The first-order valence-electron chi connectivity index (χ1n) is 6.90. The van der Waals surface area contributed by atoms with Gasteiger partial charge in [-0.15, -0.1) is 0 Å². The van der Waals surface area contributed by atoms with Crippen molar-refractivity contribution >= 4 is 11.9 Å². The molecule has 1 N–H and O–H groups in total. The summed E-state index contributed by atoms with van der Waals surface area (Å²) >= 11 is 0. The van der Waals surface area contributed by atoms with Crippen LogP contribution >= 0.6 is 0 Å². The number of hydrogen-bond acceptors (Lipinski definition) is 7. The largest absolute Gasteiger partial charge is 2.00 e. The number of imidazole rings is 2. The monoisotopic (exact) mass is 519 g/mol. The van der Waals surface area contributed by atoms with Crippen LogP contribution in [0, 0.1) is 0 Å². The Hall–Kier alpha value is -1.99. The van der Waals surface area contributed by atoms with Crippen LogP contribution in [0.25, 0.3) is 0 Å². The maximum atomic E-state index is 9.58. The molecule has 2 rings (SSSR count). The van der Waals surface area contributed by atoms with Crippen LogP contribution in [0.5, 0.6) is 0 Å². The molecule has 1 atom stereocenters. The van der Waals surface area contributed by atoms with Crippen molar-refractivity contribution in [3.8, 4) is 0 Å². The SMILES string of the molecule is CCn1ccnc1.CCn1ccnc1.O=C([O-])CC(O)C(=O)[O-].[Pt+2]. The maximum Gasteiger partial charge on any atom is 2.00 e. The van der Waals surface area contributed by atoms with Crippen LogP contribution in [0.3, 0.4) is 0 Å². The van der Waals surface area contributed by atoms with Crippen LogP contribution < -0.4 is 10.2 Å². The molecular formula is C14H20N4O5Pt. The topological polar surface area (TPSA) is 136 Å². The van der Waals surface area contributed by atoms with E-state index in [1.807, 2.05) is 21.5 Å². The fourth-order valence-corrected chi connectivity index (χ4v) is 1.19. The Kier molecular flexibility index (Phi) is 14.8. The molecule has 0 spiro atoms. The summed E-state index contributed by atoms with van der Waals surface area (Å²) in [4.78, 5) is 26.8. The quantitative estimate of drug-likeness (QED) is 0.485. The number of aryl methyl sites for hydroxylation is 2. The second-order valence-electron chi connectivity index (χ2n) is 4.20. The summed E-state index contributed by atoms with van der Waals surface area (Å²) in [5.41, 5.74) is 0. The minimum Gasteiger partial charge on any atom is -0.550 e. The first-order chi connectivity index (χ1) is 10.9. The zero-order valence-electron chi connectivity index (χ0n) is 13.3. The number of rotatable bonds is 5. The third-order valence-corrected chi connectivity index (χ3v) is 2.48. The summed E-state index contributed by atoms with van der Waals surface area (Å²) in [5, 5.41) is 27.3. The van der Waals surface area contributed by atoms with Crippen LogP contribution in [0.4, 0.5) is 0 Å². The van der Waals surface area contributed by atoms with Crippen molar-refractivity contribution in [3.05, 3.63) is 37.4 Å². The van der Waals surface area contributed by atoms with Gasteiger partial charge in [-0.3, -0.25) is 0 Å². The minimum atomic E-state index is -1.96. The molecule has 2 heterocycles. The Morgan fingerprint density at radius 2 is 1.46 bits per heavy atom. The molecular weight excluding hydrogens is 499 g/mol. The fourth-order valence-electron chi connectivity index (χ4n) is 1.19. The van der Waals surface area contributed by atoms with Gasteiger partial charge in [0.15, 0.2) is 0 Å². The molecule has 1 unspecified atom stereocenters. The van der Waals surface area contributed by atoms with E-state index < -0.39 is 24.5 Å². The van der Waals surface area contributed by atoms with Crippen LogP contribution in [0.2, 0.25) is 0 Å². The van der Waals surface area contributed by atoms with Crippen molar-refractivity contribution in [2.24, 2.45) is 0 Å². The molecule has 24 heavy (non-hydrogen) atoms. The number of carbonyl (C=O) groups is 2. The molecule has 0 aliphatic heterocycles. The van der Waals surface area contributed by atoms with E-state index in [1.165, 1.54) is 0 Å². The molecule has 0 aliphatic carbocycles. The van der Waals surface area contributed by atoms with Crippen molar-refractivity contribution in [2.75, 3.05) is 0 Å². The van der Waals surface area contributed by atoms with Gasteiger partial charge in [0.05, 0.1) is 24.7 Å². The van der Waals surface area contributed by atoms with Crippen molar-refractivity contribution in [1.82, 2.24) is 19.1 Å². The van der Waals surface area contributed by atoms with Crippen LogP contribution in [0.1, 0.15) is 20.3 Å². The third-order valence-electron chi connectivity index (χ3n) is 2.48. The minimum absolute atomic E-state index is 0. The molecule has 0 aliphatic rings. The van der Waals surface area contributed by atoms with Gasteiger partial charge in [-0.2, -0.15) is 0 Å². The van der Waals surface area contributed by atoms with Crippen LogP contribution in [0.15, 0.2) is 37.4 Å². The predicted octanol–water partition coefficient (Wildman–Crippen LogP) is -1.96. The standard InChI is InChI=1S/2C5H8N2.C4H6O5.Pt/c2*1-2-7-4-3-6-5-7;5-2(4(8)9)1-3(6)7;/h2*3-5H,2H2,1H3;2,5H,1H2,(H,6,7)(H,8,9);/q;;;+2/p-2. The van der Waals surface area contributed by atoms with E-state index in [0.29, 0.717) is 0 Å². The Morgan fingerprint density at radius 1 is 1.04 bits per heavy atom. The summed E-state index contributed by atoms with van der Waals surface area (Å²) in [6.07, 6.45) is 8.17. The smallest absolute Gasteiger partial charge is 0.550 e. The van der Waals surface area contributed by atoms with Crippen LogP contribution in [-0.4, -0.2) is 42.3 Å². The summed E-state index contributed by atoms with van der Waals surface area (Å²) in [6.45, 7) is 6.20. The van der Waals surface area contributed by atoms with Gasteiger partial charge < -0.3 is 34.0 Å². The summed E-state index contributed by atoms with van der Waals surface area (Å²) in [6, 6.07) is 0. The molecule has 2 aromatic heterocycles. The van der Waals surface area contributed by atoms with Gasteiger partial charge in [0.25, 0.3) is 0 Å². The molecule has 2 aromatic rings. The number of carboxylic acid groups (broad SMARTS) is 2. The Labute approximate surface area is 154 Å². The molecule has 9 nitrogen and oxygen atoms in total. The van der Waals surface area contributed by atoms with Gasteiger partial charge in [0.2, 0.25) is 0 Å². The van der Waals surface area contributed by atoms with Gasteiger partial charge in [0, 0.05) is 50.3 Å². The van der Waals surface area contributed by atoms with Gasteiger partial charge in [-0.25, -0.2) is 9.97 Å². The second kappa shape index (κ2) is 14.6. The first-order valence-corrected chi connectivity index (χ1v) is 6.90. The maximum absolute atomic E-state index is 9.58. The van der Waals surface area contributed by atoms with Gasteiger partial charge in [-0.1, -0.05) is 0 Å². The molecule has 10 heteroatoms. The number of hydrogen-bond donors (Lipinski definition) is 1. The zero-order valence-corrected chi connectivity index (χ0v) is 15.6. The number of aliphatic hydroxyl groups excluding tert-OH is 1. The molecule has 0 fully saturated rings. The zero-order chi connectivity index (χ0) is 17.7. The van der Waals surface area contributed by atoms with E-state index in [0.717, 1.165) is 13.1 Å². The van der Waals surface area contributed by atoms with Crippen LogP contribution in [-0.2, 0) is 43.7 Å². The second-order valence-corrected chi connectivity index (χ2v) is 4.20. The molecule has 0 radical (unpaired) electrons. The van der Waals surface area contributed by atoms with E-state index in [9.17, 15) is 19.8 Å². The molecule has 0 amide bonds. The first kappa shape index (κ1) is 24.3. The molecule has 136 valence electrons. The molecule has 0 saturated carbocycles. The number of aliphatic carboxylic acids is 2. The summed E-state index contributed by atoms with van der Waals surface area (Å²) in [7, 11) is 0. The number of carbonyl (C=O) groups excluding carboxylic acids is 2. The molecule has 0 bridgehead atoms. The molecule has 0 saturated heterocycles. The van der Waals surface area contributed by atoms with Gasteiger partial charge in [0.1, 0.15) is 0 Å². The fraction of sp³-hybridized carbons (Fsp3) is 0.429. The van der Waals surface area contributed by atoms with E-state index >= 15 is 0 Å². The van der Waals surface area contributed by atoms with E-state index in [4.69, 9.17) is 5.11 Å².